The van der Waals surface area contributed by atoms with Crippen LogP contribution in [0.2, 0.25) is 0 Å². The molecule has 1 saturated heterocycles. The van der Waals surface area contributed by atoms with Gasteiger partial charge in [-0.05, 0) is 38.9 Å². The maximum atomic E-state index is 14.2. The highest BCUT2D eigenvalue weighted by Crippen LogP contribution is 2.32. The standard InChI is InChI=1S/C21H22FN5O2/c1-11(14-4-3-13(9-23)7-17(14)22)26-19(28)8-15-16(10-24)20-12(2)25-6-5-18(20)27-21(15)29/h3-4,7,11-12,18,20,25H,5-6,8H2,1-2H3,(H,26,28)(H,27,29)/t11-,12?,18?,20?/m0/s1. The summed E-state index contributed by atoms with van der Waals surface area (Å²) in [5.74, 6) is -1.64. The summed E-state index contributed by atoms with van der Waals surface area (Å²) in [6.45, 7) is 4.33. The molecular formula is C21H22FN5O2. The van der Waals surface area contributed by atoms with E-state index in [-0.39, 0.29) is 41.1 Å². The van der Waals surface area contributed by atoms with Crippen molar-refractivity contribution in [3.8, 4) is 12.1 Å². The molecule has 0 aliphatic carbocycles. The Morgan fingerprint density at radius 3 is 2.79 bits per heavy atom. The molecule has 4 atom stereocenters. The van der Waals surface area contributed by atoms with Gasteiger partial charge in [-0.25, -0.2) is 4.39 Å². The van der Waals surface area contributed by atoms with E-state index in [1.54, 1.807) is 6.92 Å². The van der Waals surface area contributed by atoms with Crippen molar-refractivity contribution in [2.24, 2.45) is 5.92 Å². The van der Waals surface area contributed by atoms with Gasteiger partial charge in [0.25, 0.3) is 0 Å². The van der Waals surface area contributed by atoms with Crippen LogP contribution in [-0.4, -0.2) is 30.4 Å². The normalized spacial score (nSPS) is 24.6. The van der Waals surface area contributed by atoms with Gasteiger partial charge in [-0.15, -0.1) is 0 Å². The molecule has 2 amide bonds. The van der Waals surface area contributed by atoms with E-state index >= 15 is 0 Å². The number of halogens is 1. The minimum atomic E-state index is -0.656. The first-order valence-electron chi connectivity index (χ1n) is 9.52. The Hall–Kier alpha value is -3.23. The van der Waals surface area contributed by atoms with Gasteiger partial charge < -0.3 is 16.0 Å². The summed E-state index contributed by atoms with van der Waals surface area (Å²) in [6, 6.07) is 7.26. The number of fused-ring (bicyclic) bond motifs is 1. The number of benzene rings is 1. The Bertz CT molecular complexity index is 959. The highest BCUT2D eigenvalue weighted by molar-refractivity contribution is 6.01. The van der Waals surface area contributed by atoms with Crippen LogP contribution in [0.15, 0.2) is 29.3 Å². The summed E-state index contributed by atoms with van der Waals surface area (Å²) in [5, 5.41) is 27.4. The predicted molar refractivity (Wildman–Crippen MR) is 102 cm³/mol. The third-order valence-corrected chi connectivity index (χ3v) is 5.57. The molecule has 0 radical (unpaired) electrons. The number of carbonyl (C=O) groups is 2. The molecule has 3 N–H and O–H groups in total. The third-order valence-electron chi connectivity index (χ3n) is 5.57. The van der Waals surface area contributed by atoms with Gasteiger partial charge in [-0.3, -0.25) is 9.59 Å². The molecule has 150 valence electrons. The average Bonchev–Trinajstić information content (AvgIpc) is 2.68. The number of piperidine rings is 1. The molecule has 1 aromatic carbocycles. The number of hydrogen-bond acceptors (Lipinski definition) is 5. The van der Waals surface area contributed by atoms with E-state index in [4.69, 9.17) is 5.26 Å². The lowest BCUT2D eigenvalue weighted by atomic mass is 9.76. The van der Waals surface area contributed by atoms with Crippen LogP contribution in [0.25, 0.3) is 0 Å². The third kappa shape index (κ3) is 4.13. The van der Waals surface area contributed by atoms with Crippen LogP contribution in [0.4, 0.5) is 4.39 Å². The van der Waals surface area contributed by atoms with Gasteiger partial charge in [0.05, 0.1) is 30.2 Å². The van der Waals surface area contributed by atoms with Crippen molar-refractivity contribution in [1.29, 1.82) is 10.5 Å². The quantitative estimate of drug-likeness (QED) is 0.715. The average molecular weight is 395 g/mol. The fourth-order valence-corrected chi connectivity index (χ4v) is 4.11. The highest BCUT2D eigenvalue weighted by Gasteiger charge is 2.41. The van der Waals surface area contributed by atoms with E-state index in [0.29, 0.717) is 5.57 Å². The Morgan fingerprint density at radius 1 is 1.38 bits per heavy atom. The number of hydrogen-bond donors (Lipinski definition) is 3. The van der Waals surface area contributed by atoms with Crippen molar-refractivity contribution < 1.29 is 14.0 Å². The van der Waals surface area contributed by atoms with Crippen LogP contribution in [0.3, 0.4) is 0 Å². The van der Waals surface area contributed by atoms with E-state index in [2.05, 4.69) is 22.0 Å². The Morgan fingerprint density at radius 2 is 2.14 bits per heavy atom. The molecule has 8 heteroatoms. The molecule has 1 aromatic rings. The molecule has 0 saturated carbocycles. The topological polar surface area (TPSA) is 118 Å². The molecule has 2 heterocycles. The number of carbonyl (C=O) groups excluding carboxylic acids is 2. The summed E-state index contributed by atoms with van der Waals surface area (Å²) in [6.07, 6.45) is 0.466. The number of amides is 2. The Kier molecular flexibility index (Phi) is 5.95. The van der Waals surface area contributed by atoms with Gasteiger partial charge in [0.15, 0.2) is 0 Å². The lowest BCUT2D eigenvalue weighted by Crippen LogP contribution is -2.57. The second kappa shape index (κ2) is 8.42. The van der Waals surface area contributed by atoms with Crippen molar-refractivity contribution in [1.82, 2.24) is 16.0 Å². The van der Waals surface area contributed by atoms with E-state index < -0.39 is 23.7 Å². The summed E-state index contributed by atoms with van der Waals surface area (Å²) < 4.78 is 14.2. The molecule has 0 bridgehead atoms. The first-order chi connectivity index (χ1) is 13.8. The number of nitrogens with one attached hydrogen (secondary N) is 3. The van der Waals surface area contributed by atoms with Crippen molar-refractivity contribution in [2.75, 3.05) is 6.54 Å². The second-order valence-corrected chi connectivity index (χ2v) is 7.46. The van der Waals surface area contributed by atoms with Crippen LogP contribution < -0.4 is 16.0 Å². The molecule has 0 aromatic heterocycles. The van der Waals surface area contributed by atoms with Crippen molar-refractivity contribution in [3.63, 3.8) is 0 Å². The summed E-state index contributed by atoms with van der Waals surface area (Å²) in [4.78, 5) is 25.1. The molecule has 3 rings (SSSR count). The monoisotopic (exact) mass is 395 g/mol. The van der Waals surface area contributed by atoms with E-state index in [1.807, 2.05) is 13.0 Å². The van der Waals surface area contributed by atoms with Gasteiger partial charge in [-0.2, -0.15) is 10.5 Å². The zero-order valence-electron chi connectivity index (χ0n) is 16.3. The molecule has 3 unspecified atom stereocenters. The fourth-order valence-electron chi connectivity index (χ4n) is 4.11. The summed E-state index contributed by atoms with van der Waals surface area (Å²) in [5.41, 5.74) is 0.933. The largest absolute Gasteiger partial charge is 0.349 e. The first kappa shape index (κ1) is 20.5. The number of nitriles is 2. The van der Waals surface area contributed by atoms with Gasteiger partial charge in [0, 0.05) is 34.7 Å². The summed E-state index contributed by atoms with van der Waals surface area (Å²) in [7, 11) is 0. The van der Waals surface area contributed by atoms with Gasteiger partial charge >= 0.3 is 0 Å². The first-order valence-corrected chi connectivity index (χ1v) is 9.52. The molecule has 29 heavy (non-hydrogen) atoms. The van der Waals surface area contributed by atoms with Crippen molar-refractivity contribution in [3.05, 3.63) is 46.3 Å². The smallest absolute Gasteiger partial charge is 0.248 e. The SMILES string of the molecule is CC1NCCC2NC(=O)C(CC(=O)N[C@@H](C)c3ccc(C#N)cc3F)=C(C#N)C12. The second-order valence-electron chi connectivity index (χ2n) is 7.46. The number of rotatable bonds is 4. The maximum absolute atomic E-state index is 14.2. The van der Waals surface area contributed by atoms with Crippen LogP contribution in [0, 0.1) is 34.4 Å². The molecule has 7 nitrogen and oxygen atoms in total. The van der Waals surface area contributed by atoms with E-state index in [0.717, 1.165) is 19.0 Å². The Labute approximate surface area is 168 Å². The zero-order chi connectivity index (χ0) is 21.1. The minimum Gasteiger partial charge on any atom is -0.349 e. The van der Waals surface area contributed by atoms with Crippen LogP contribution >= 0.6 is 0 Å². The van der Waals surface area contributed by atoms with Gasteiger partial charge in [0.1, 0.15) is 5.82 Å². The molecule has 2 aliphatic heterocycles. The predicted octanol–water partition coefficient (Wildman–Crippen LogP) is 1.58. The molecule has 0 spiro atoms. The number of nitrogens with zero attached hydrogens (tertiary/aromatic N) is 2. The van der Waals surface area contributed by atoms with E-state index in [9.17, 15) is 19.2 Å². The minimum absolute atomic E-state index is 0.00808. The fraction of sp³-hybridized carbons (Fsp3) is 0.429. The Balaban J connectivity index is 1.77. The van der Waals surface area contributed by atoms with Crippen LogP contribution in [-0.2, 0) is 9.59 Å². The van der Waals surface area contributed by atoms with Crippen LogP contribution in [0.1, 0.15) is 43.9 Å². The molecular weight excluding hydrogens is 373 g/mol. The van der Waals surface area contributed by atoms with E-state index in [1.165, 1.54) is 12.1 Å². The lowest BCUT2D eigenvalue weighted by molar-refractivity contribution is -0.124. The highest BCUT2D eigenvalue weighted by atomic mass is 19.1. The van der Waals surface area contributed by atoms with Gasteiger partial charge in [-0.1, -0.05) is 6.07 Å². The zero-order valence-corrected chi connectivity index (χ0v) is 16.3. The van der Waals surface area contributed by atoms with Crippen molar-refractivity contribution >= 4 is 11.8 Å². The summed E-state index contributed by atoms with van der Waals surface area (Å²) >= 11 is 0. The van der Waals surface area contributed by atoms with Crippen LogP contribution in [0.5, 0.6) is 0 Å². The molecule has 2 aliphatic rings. The van der Waals surface area contributed by atoms with Gasteiger partial charge in [0.2, 0.25) is 11.8 Å². The lowest BCUT2D eigenvalue weighted by Gasteiger charge is -2.41. The molecule has 1 fully saturated rings. The van der Waals surface area contributed by atoms with Crippen molar-refractivity contribution in [2.45, 2.75) is 44.8 Å². The maximum Gasteiger partial charge on any atom is 0.248 e.